The van der Waals surface area contributed by atoms with Gasteiger partial charge in [-0.05, 0) is 31.9 Å². The molecule has 1 aromatic carbocycles. The maximum Gasteiger partial charge on any atom is 0.243 e. The second-order valence-electron chi connectivity index (χ2n) is 7.90. The highest BCUT2D eigenvalue weighted by Crippen LogP contribution is 2.27. The third kappa shape index (κ3) is 5.44. The molecular formula is C21H32N6O3S2. The van der Waals surface area contributed by atoms with Gasteiger partial charge in [0.15, 0.2) is 5.82 Å². The zero-order chi connectivity index (χ0) is 23.3. The molecule has 1 saturated carbocycles. The molecule has 1 amide bonds. The summed E-state index contributed by atoms with van der Waals surface area (Å²) >= 11 is 1.23. The van der Waals surface area contributed by atoms with Gasteiger partial charge in [0.2, 0.25) is 21.1 Å². The van der Waals surface area contributed by atoms with Crippen molar-refractivity contribution in [1.82, 2.24) is 24.5 Å². The van der Waals surface area contributed by atoms with Crippen LogP contribution < -0.4 is 11.2 Å². The number of rotatable bonds is 9. The Morgan fingerprint density at radius 1 is 1.25 bits per heavy atom. The van der Waals surface area contributed by atoms with Crippen LogP contribution in [0.5, 0.6) is 0 Å². The van der Waals surface area contributed by atoms with E-state index in [0.717, 1.165) is 25.7 Å². The summed E-state index contributed by atoms with van der Waals surface area (Å²) in [5.74, 6) is 6.51. The Kier molecular flexibility index (Phi) is 8.18. The van der Waals surface area contributed by atoms with Gasteiger partial charge in [-0.1, -0.05) is 57.0 Å². The minimum Gasteiger partial charge on any atom is -0.352 e. The second-order valence-corrected chi connectivity index (χ2v) is 11.1. The van der Waals surface area contributed by atoms with Gasteiger partial charge in [-0.3, -0.25) is 4.79 Å². The van der Waals surface area contributed by atoms with Gasteiger partial charge in [-0.25, -0.2) is 13.1 Å². The van der Waals surface area contributed by atoms with Gasteiger partial charge in [-0.2, -0.15) is 4.31 Å². The van der Waals surface area contributed by atoms with Gasteiger partial charge in [-0.15, -0.1) is 10.2 Å². The van der Waals surface area contributed by atoms with Crippen LogP contribution in [0.2, 0.25) is 0 Å². The van der Waals surface area contributed by atoms with Crippen LogP contribution in [-0.4, -0.2) is 57.9 Å². The Hall–Kier alpha value is -2.11. The van der Waals surface area contributed by atoms with E-state index in [1.807, 2.05) is 6.92 Å². The van der Waals surface area contributed by atoms with Crippen molar-refractivity contribution in [3.8, 4) is 11.4 Å². The number of carbonyl (C=O) groups excluding carboxylic acids is 1. The molecule has 9 nitrogen and oxygen atoms in total. The molecule has 1 aromatic heterocycles. The molecule has 1 aliphatic rings. The van der Waals surface area contributed by atoms with Crippen LogP contribution in [0.1, 0.15) is 52.9 Å². The first-order valence-corrected chi connectivity index (χ1v) is 13.4. The van der Waals surface area contributed by atoms with E-state index < -0.39 is 10.0 Å². The number of carbonyl (C=O) groups is 1. The van der Waals surface area contributed by atoms with E-state index in [-0.39, 0.29) is 22.1 Å². The number of nitrogens with zero attached hydrogens (tertiary/aromatic N) is 4. The van der Waals surface area contributed by atoms with Gasteiger partial charge in [0.1, 0.15) is 0 Å². The molecule has 0 aliphatic heterocycles. The van der Waals surface area contributed by atoms with E-state index in [1.165, 1.54) is 27.2 Å². The van der Waals surface area contributed by atoms with Crippen molar-refractivity contribution in [2.24, 2.45) is 0 Å². The monoisotopic (exact) mass is 480 g/mol. The van der Waals surface area contributed by atoms with E-state index >= 15 is 0 Å². The predicted octanol–water partition coefficient (Wildman–Crippen LogP) is 2.62. The van der Waals surface area contributed by atoms with Gasteiger partial charge < -0.3 is 11.2 Å². The first-order valence-electron chi connectivity index (χ1n) is 11.1. The maximum atomic E-state index is 12.9. The lowest BCUT2D eigenvalue weighted by atomic mass is 9.95. The molecule has 176 valence electrons. The summed E-state index contributed by atoms with van der Waals surface area (Å²) in [4.78, 5) is 12.8. The quantitative estimate of drug-likeness (QED) is 0.418. The Labute approximate surface area is 194 Å². The second kappa shape index (κ2) is 10.7. The highest BCUT2D eigenvalue weighted by Gasteiger charge is 2.25. The van der Waals surface area contributed by atoms with E-state index in [9.17, 15) is 13.2 Å². The fourth-order valence-corrected chi connectivity index (χ4v) is 6.12. The summed E-state index contributed by atoms with van der Waals surface area (Å²) in [5.41, 5.74) is 0.541. The fourth-order valence-electron chi connectivity index (χ4n) is 3.84. The molecule has 0 saturated heterocycles. The van der Waals surface area contributed by atoms with Crippen molar-refractivity contribution in [3.05, 3.63) is 24.3 Å². The Morgan fingerprint density at radius 2 is 1.94 bits per heavy atom. The van der Waals surface area contributed by atoms with Gasteiger partial charge in [0.25, 0.3) is 0 Å². The smallest absolute Gasteiger partial charge is 0.243 e. The zero-order valence-corrected chi connectivity index (χ0v) is 20.5. The van der Waals surface area contributed by atoms with Crippen molar-refractivity contribution >= 4 is 27.7 Å². The first kappa shape index (κ1) is 24.5. The molecule has 2 aromatic rings. The highest BCUT2D eigenvalue weighted by molar-refractivity contribution is 8.00. The number of nitrogens with one attached hydrogen (secondary N) is 1. The van der Waals surface area contributed by atoms with Gasteiger partial charge in [0, 0.05) is 24.7 Å². The minimum absolute atomic E-state index is 0.0428. The third-order valence-corrected chi connectivity index (χ3v) is 8.81. The Bertz CT molecular complexity index is 1030. The maximum absolute atomic E-state index is 12.9. The number of sulfonamides is 1. The van der Waals surface area contributed by atoms with Crippen LogP contribution in [0.4, 0.5) is 0 Å². The number of hydrogen-bond acceptors (Lipinski definition) is 7. The van der Waals surface area contributed by atoms with Crippen molar-refractivity contribution in [2.45, 2.75) is 74.2 Å². The van der Waals surface area contributed by atoms with Crippen molar-refractivity contribution in [2.75, 3.05) is 18.9 Å². The predicted molar refractivity (Wildman–Crippen MR) is 126 cm³/mol. The number of amides is 1. The van der Waals surface area contributed by atoms with Crippen LogP contribution >= 0.6 is 11.8 Å². The largest absolute Gasteiger partial charge is 0.352 e. The fraction of sp³-hybridized carbons (Fsp3) is 0.571. The summed E-state index contributed by atoms with van der Waals surface area (Å²) < 4.78 is 28.4. The van der Waals surface area contributed by atoms with Crippen molar-refractivity contribution in [1.29, 1.82) is 0 Å². The lowest BCUT2D eigenvalue weighted by molar-refractivity contribution is -0.121. The van der Waals surface area contributed by atoms with Gasteiger partial charge >= 0.3 is 0 Å². The van der Waals surface area contributed by atoms with Gasteiger partial charge in [0.05, 0.1) is 10.1 Å². The molecule has 0 radical (unpaired) electrons. The molecule has 11 heteroatoms. The minimum atomic E-state index is -3.61. The molecule has 1 fully saturated rings. The van der Waals surface area contributed by atoms with E-state index in [1.54, 1.807) is 38.1 Å². The average Bonchev–Trinajstić information content (AvgIpc) is 3.15. The third-order valence-electron chi connectivity index (χ3n) is 5.70. The molecule has 3 N–H and O–H groups in total. The number of thioether (sulfide) groups is 1. The van der Waals surface area contributed by atoms with Crippen molar-refractivity contribution < 1.29 is 13.2 Å². The molecule has 3 rings (SSSR count). The topological polar surface area (TPSA) is 123 Å². The molecule has 32 heavy (non-hydrogen) atoms. The molecule has 1 aliphatic carbocycles. The van der Waals surface area contributed by atoms with Crippen LogP contribution in [0.25, 0.3) is 11.4 Å². The summed E-state index contributed by atoms with van der Waals surface area (Å²) in [7, 11) is -3.61. The highest BCUT2D eigenvalue weighted by atomic mass is 32.2. The lowest BCUT2D eigenvalue weighted by Crippen LogP contribution is -2.40. The Balaban J connectivity index is 1.75. The number of nitrogen functional groups attached to an aromatic ring is 1. The zero-order valence-electron chi connectivity index (χ0n) is 18.8. The molecular weight excluding hydrogens is 448 g/mol. The summed E-state index contributed by atoms with van der Waals surface area (Å²) in [6.45, 7) is 6.19. The summed E-state index contributed by atoms with van der Waals surface area (Å²) in [5, 5.41) is 11.4. The van der Waals surface area contributed by atoms with Crippen LogP contribution in [-0.2, 0) is 14.8 Å². The summed E-state index contributed by atoms with van der Waals surface area (Å²) in [6.07, 6.45) is 5.57. The number of aromatic nitrogens is 3. The van der Waals surface area contributed by atoms with Crippen LogP contribution in [0.3, 0.4) is 0 Å². The van der Waals surface area contributed by atoms with Crippen LogP contribution in [0, 0.1) is 0 Å². The Morgan fingerprint density at radius 3 is 2.59 bits per heavy atom. The molecule has 1 heterocycles. The van der Waals surface area contributed by atoms with E-state index in [2.05, 4.69) is 15.5 Å². The molecule has 1 unspecified atom stereocenters. The van der Waals surface area contributed by atoms with Crippen molar-refractivity contribution in [3.63, 3.8) is 0 Å². The average molecular weight is 481 g/mol. The molecule has 1 atom stereocenters. The first-order chi connectivity index (χ1) is 15.3. The number of benzene rings is 1. The SMILES string of the molecule is CCN(CC)S(=O)(=O)c1cccc(-c2nnc(SC(C)C(=O)NC3CCCCC3)n2N)c1. The standard InChI is InChI=1S/C21H32N6O3S2/c1-4-26(5-2)32(29,30)18-13-9-10-16(14-18)19-24-25-21(27(19)22)31-15(3)20(28)23-17-11-7-6-8-12-17/h9-10,13-15,17H,4-8,11-12,22H2,1-3H3,(H,23,28). The molecule has 0 bridgehead atoms. The normalized spacial score (nSPS) is 16.2. The number of nitrogens with two attached hydrogens (primary N) is 1. The molecule has 0 spiro atoms. The van der Waals surface area contributed by atoms with E-state index in [4.69, 9.17) is 5.84 Å². The van der Waals surface area contributed by atoms with E-state index in [0.29, 0.717) is 29.6 Å². The summed E-state index contributed by atoms with van der Waals surface area (Å²) in [6, 6.07) is 6.74. The lowest BCUT2D eigenvalue weighted by Gasteiger charge is -2.24. The van der Waals surface area contributed by atoms with Crippen LogP contribution in [0.15, 0.2) is 34.3 Å². The number of hydrogen-bond donors (Lipinski definition) is 2.